The molecule has 1 N–H and O–H groups in total. The van der Waals surface area contributed by atoms with Crippen LogP contribution in [0.5, 0.6) is 0 Å². The number of ether oxygens (including phenoxy) is 1. The molecule has 2 unspecified atom stereocenters. The number of thioether (sulfide) groups is 1. The predicted octanol–water partition coefficient (Wildman–Crippen LogP) is 2.54. The summed E-state index contributed by atoms with van der Waals surface area (Å²) in [5, 5.41) is 4.28. The lowest BCUT2D eigenvalue weighted by molar-refractivity contribution is 0.0844. The minimum atomic E-state index is 0.390. The van der Waals surface area contributed by atoms with Crippen LogP contribution in [0.1, 0.15) is 31.2 Å². The van der Waals surface area contributed by atoms with Crippen LogP contribution in [0.3, 0.4) is 0 Å². The largest absolute Gasteiger partial charge is 0.437 e. The van der Waals surface area contributed by atoms with Crippen molar-refractivity contribution >= 4 is 11.8 Å². The van der Waals surface area contributed by atoms with Gasteiger partial charge in [-0.15, -0.1) is 0 Å². The fourth-order valence-electron chi connectivity index (χ4n) is 2.06. The van der Waals surface area contributed by atoms with Crippen molar-refractivity contribution < 1.29 is 9.15 Å². The van der Waals surface area contributed by atoms with E-state index in [4.69, 9.17) is 9.15 Å². The number of hydrogen-bond donors (Lipinski definition) is 1. The SMILES string of the molecule is Cc1nc(SCCNC(C)C2CCCO2)oc1C. The van der Waals surface area contributed by atoms with Crippen molar-refractivity contribution in [2.45, 2.75) is 51.0 Å². The lowest BCUT2D eigenvalue weighted by Crippen LogP contribution is -2.38. The number of hydrogen-bond acceptors (Lipinski definition) is 5. The maximum absolute atomic E-state index is 5.65. The summed E-state index contributed by atoms with van der Waals surface area (Å²) in [4.78, 5) is 4.35. The Morgan fingerprint density at radius 3 is 2.94 bits per heavy atom. The van der Waals surface area contributed by atoms with E-state index in [1.807, 2.05) is 13.8 Å². The molecular weight excluding hydrogens is 248 g/mol. The quantitative estimate of drug-likeness (QED) is 0.636. The van der Waals surface area contributed by atoms with E-state index in [1.54, 1.807) is 11.8 Å². The molecule has 0 bridgehead atoms. The Labute approximate surface area is 113 Å². The summed E-state index contributed by atoms with van der Waals surface area (Å²) >= 11 is 1.66. The summed E-state index contributed by atoms with van der Waals surface area (Å²) in [5.41, 5.74) is 0.984. The lowest BCUT2D eigenvalue weighted by Gasteiger charge is -2.19. The van der Waals surface area contributed by atoms with E-state index in [2.05, 4.69) is 17.2 Å². The molecule has 0 saturated carbocycles. The minimum absolute atomic E-state index is 0.390. The first-order chi connectivity index (χ1) is 8.66. The van der Waals surface area contributed by atoms with Crippen LogP contribution in [0, 0.1) is 13.8 Å². The van der Waals surface area contributed by atoms with Gasteiger partial charge in [0.05, 0.1) is 11.8 Å². The molecule has 0 aromatic carbocycles. The Morgan fingerprint density at radius 2 is 2.33 bits per heavy atom. The summed E-state index contributed by atoms with van der Waals surface area (Å²) in [6.07, 6.45) is 2.76. The summed E-state index contributed by atoms with van der Waals surface area (Å²) in [6, 6.07) is 0.432. The molecule has 18 heavy (non-hydrogen) atoms. The first kappa shape index (κ1) is 13.9. The van der Waals surface area contributed by atoms with Crippen molar-refractivity contribution in [3.63, 3.8) is 0 Å². The molecular formula is C13H22N2O2S. The van der Waals surface area contributed by atoms with E-state index in [9.17, 15) is 0 Å². The number of nitrogens with zero attached hydrogens (tertiary/aromatic N) is 1. The zero-order chi connectivity index (χ0) is 13.0. The maximum Gasteiger partial charge on any atom is 0.256 e. The molecule has 1 aliphatic rings. The summed E-state index contributed by atoms with van der Waals surface area (Å²) in [6.45, 7) is 7.98. The molecule has 0 spiro atoms. The van der Waals surface area contributed by atoms with Crippen LogP contribution in [0.25, 0.3) is 0 Å². The average molecular weight is 270 g/mol. The zero-order valence-electron chi connectivity index (χ0n) is 11.4. The van der Waals surface area contributed by atoms with Gasteiger partial charge in [-0.1, -0.05) is 11.8 Å². The van der Waals surface area contributed by atoms with Gasteiger partial charge in [-0.3, -0.25) is 0 Å². The zero-order valence-corrected chi connectivity index (χ0v) is 12.2. The second kappa shape index (κ2) is 6.59. The number of aromatic nitrogens is 1. The normalized spacial score (nSPS) is 21.4. The van der Waals surface area contributed by atoms with Gasteiger partial charge < -0.3 is 14.5 Å². The fourth-order valence-corrected chi connectivity index (χ4v) is 2.84. The average Bonchev–Trinajstić information content (AvgIpc) is 2.96. The van der Waals surface area contributed by atoms with Crippen LogP contribution >= 0.6 is 11.8 Å². The Morgan fingerprint density at radius 1 is 1.50 bits per heavy atom. The summed E-state index contributed by atoms with van der Waals surface area (Å²) < 4.78 is 11.2. The van der Waals surface area contributed by atoms with Gasteiger partial charge in [-0.05, 0) is 33.6 Å². The van der Waals surface area contributed by atoms with Gasteiger partial charge in [0.15, 0.2) is 0 Å². The first-order valence-electron chi connectivity index (χ1n) is 6.58. The molecule has 0 aliphatic carbocycles. The molecule has 102 valence electrons. The smallest absolute Gasteiger partial charge is 0.256 e. The molecule has 4 nitrogen and oxygen atoms in total. The summed E-state index contributed by atoms with van der Waals surface area (Å²) in [7, 11) is 0. The van der Waals surface area contributed by atoms with Crippen LogP contribution < -0.4 is 5.32 Å². The van der Waals surface area contributed by atoms with E-state index >= 15 is 0 Å². The molecule has 1 aromatic heterocycles. The van der Waals surface area contributed by atoms with Gasteiger partial charge in [-0.25, -0.2) is 4.98 Å². The Hall–Kier alpha value is -0.520. The molecule has 2 heterocycles. The Balaban J connectivity index is 1.63. The first-order valence-corrected chi connectivity index (χ1v) is 7.57. The van der Waals surface area contributed by atoms with Gasteiger partial charge in [-0.2, -0.15) is 0 Å². The van der Waals surface area contributed by atoms with Gasteiger partial charge in [0.1, 0.15) is 5.76 Å². The Kier molecular flexibility index (Phi) is 5.09. The van der Waals surface area contributed by atoms with Crippen LogP contribution in [-0.4, -0.2) is 36.0 Å². The van der Waals surface area contributed by atoms with E-state index in [-0.39, 0.29) is 0 Å². The van der Waals surface area contributed by atoms with Gasteiger partial charge in [0, 0.05) is 24.9 Å². The minimum Gasteiger partial charge on any atom is -0.437 e. The molecule has 1 saturated heterocycles. The fraction of sp³-hybridized carbons (Fsp3) is 0.769. The van der Waals surface area contributed by atoms with Crippen molar-refractivity contribution in [1.82, 2.24) is 10.3 Å². The molecule has 5 heteroatoms. The highest BCUT2D eigenvalue weighted by Gasteiger charge is 2.21. The third-order valence-corrected chi connectivity index (χ3v) is 4.16. The highest BCUT2D eigenvalue weighted by molar-refractivity contribution is 7.99. The maximum atomic E-state index is 5.65. The molecule has 0 radical (unpaired) electrons. The van der Waals surface area contributed by atoms with Gasteiger partial charge in [0.2, 0.25) is 0 Å². The van der Waals surface area contributed by atoms with Gasteiger partial charge in [0.25, 0.3) is 5.22 Å². The van der Waals surface area contributed by atoms with E-state index < -0.39 is 0 Å². The van der Waals surface area contributed by atoms with Crippen molar-refractivity contribution in [3.8, 4) is 0 Å². The highest BCUT2D eigenvalue weighted by Crippen LogP contribution is 2.20. The number of aryl methyl sites for hydroxylation is 2. The molecule has 2 rings (SSSR count). The van der Waals surface area contributed by atoms with Crippen LogP contribution in [0.15, 0.2) is 9.64 Å². The second-order valence-corrected chi connectivity index (χ2v) is 5.81. The summed E-state index contributed by atoms with van der Waals surface area (Å²) in [5.74, 6) is 1.88. The van der Waals surface area contributed by atoms with Gasteiger partial charge >= 0.3 is 0 Å². The lowest BCUT2D eigenvalue weighted by atomic mass is 10.1. The monoisotopic (exact) mass is 270 g/mol. The van der Waals surface area contributed by atoms with Crippen molar-refractivity contribution in [1.29, 1.82) is 0 Å². The molecule has 1 fully saturated rings. The third kappa shape index (κ3) is 3.73. The second-order valence-electron chi connectivity index (χ2n) is 4.76. The number of nitrogens with one attached hydrogen (secondary N) is 1. The van der Waals surface area contributed by atoms with Crippen LogP contribution in [0.4, 0.5) is 0 Å². The predicted molar refractivity (Wildman–Crippen MR) is 73.1 cm³/mol. The molecule has 0 amide bonds. The molecule has 1 aromatic rings. The van der Waals surface area contributed by atoms with Crippen molar-refractivity contribution in [3.05, 3.63) is 11.5 Å². The Bertz CT molecular complexity index is 356. The topological polar surface area (TPSA) is 47.3 Å². The van der Waals surface area contributed by atoms with Crippen molar-refractivity contribution in [2.75, 3.05) is 18.9 Å². The van der Waals surface area contributed by atoms with Crippen molar-refractivity contribution in [2.24, 2.45) is 0 Å². The standard InChI is InChI=1S/C13H22N2O2S/c1-9-11(3)17-13(15-9)18-8-6-14-10(2)12-5-4-7-16-12/h10,12,14H,4-8H2,1-3H3. The highest BCUT2D eigenvalue weighted by atomic mass is 32.2. The molecule has 1 aliphatic heterocycles. The van der Waals surface area contributed by atoms with E-state index in [1.165, 1.54) is 12.8 Å². The van der Waals surface area contributed by atoms with E-state index in [0.29, 0.717) is 12.1 Å². The third-order valence-electron chi connectivity index (χ3n) is 3.33. The number of oxazole rings is 1. The molecule has 2 atom stereocenters. The van der Waals surface area contributed by atoms with E-state index in [0.717, 1.165) is 35.6 Å². The number of rotatable bonds is 6. The van der Waals surface area contributed by atoms with Crippen LogP contribution in [0.2, 0.25) is 0 Å². The van der Waals surface area contributed by atoms with Crippen LogP contribution in [-0.2, 0) is 4.74 Å².